The van der Waals surface area contributed by atoms with Gasteiger partial charge in [-0.1, -0.05) is 118 Å². The second kappa shape index (κ2) is 11.0. The van der Waals surface area contributed by atoms with Crippen LogP contribution in [-0.2, 0) is 30.0 Å². The molecule has 0 N–H and O–H groups in total. The molecule has 0 saturated carbocycles. The molecule has 2 heterocycles. The van der Waals surface area contributed by atoms with E-state index >= 15 is 0 Å². The summed E-state index contributed by atoms with van der Waals surface area (Å²) in [7, 11) is -2.79. The van der Waals surface area contributed by atoms with Gasteiger partial charge < -0.3 is 23.4 Å². The van der Waals surface area contributed by atoms with Crippen molar-refractivity contribution in [2.45, 2.75) is 83.1 Å². The summed E-state index contributed by atoms with van der Waals surface area (Å²) in [6, 6.07) is 36.2. The van der Waals surface area contributed by atoms with Crippen LogP contribution in [0.25, 0.3) is 10.8 Å². The van der Waals surface area contributed by atoms with E-state index in [4.69, 9.17) is 23.4 Å². The van der Waals surface area contributed by atoms with E-state index in [2.05, 4.69) is 131 Å². The van der Waals surface area contributed by atoms with Gasteiger partial charge in [-0.3, -0.25) is 0 Å². The molecule has 0 spiro atoms. The van der Waals surface area contributed by atoms with Crippen LogP contribution in [0.15, 0.2) is 103 Å². The Hall–Kier alpha value is -2.84. The molecule has 2 aliphatic heterocycles. The number of fused-ring (bicyclic) bond motifs is 2. The molecule has 4 atom stereocenters. The Balaban J connectivity index is 1.33. The number of hydrogen-bond donors (Lipinski definition) is 0. The first-order valence-corrected chi connectivity index (χ1v) is 16.8. The van der Waals surface area contributed by atoms with Crippen LogP contribution in [0.3, 0.4) is 0 Å². The predicted molar refractivity (Wildman–Crippen MR) is 169 cm³/mol. The van der Waals surface area contributed by atoms with Crippen LogP contribution < -0.4 is 10.4 Å². The van der Waals surface area contributed by atoms with Crippen molar-refractivity contribution in [3.05, 3.63) is 109 Å². The van der Waals surface area contributed by atoms with E-state index in [1.165, 1.54) is 21.1 Å². The summed E-state index contributed by atoms with van der Waals surface area (Å²) in [6.07, 6.45) is -1.29. The molecule has 0 bridgehead atoms. The van der Waals surface area contributed by atoms with Gasteiger partial charge >= 0.3 is 0 Å². The number of benzene rings is 4. The van der Waals surface area contributed by atoms with E-state index in [9.17, 15) is 0 Å². The Kier molecular flexibility index (Phi) is 7.67. The van der Waals surface area contributed by atoms with Gasteiger partial charge in [0.15, 0.2) is 12.1 Å². The standard InChI is InChI=1S/C36H42O5Si/c1-34(2,3)42(29-17-9-7-10-18-29,30-19-11-8-12-20-30)38-25-36(6)32(31-33(41-36)40-35(4,5)39-31)37-24-26-21-22-27-15-13-14-16-28(27)23-26/h7-23,31-33H,24-25H2,1-6H3/t31-,32-,33+,36-/m1/s1. The van der Waals surface area contributed by atoms with Crippen LogP contribution in [0.2, 0.25) is 5.04 Å². The van der Waals surface area contributed by atoms with E-state index in [-0.39, 0.29) is 11.1 Å². The van der Waals surface area contributed by atoms with Crippen molar-refractivity contribution < 1.29 is 23.4 Å². The highest BCUT2D eigenvalue weighted by molar-refractivity contribution is 6.99. The lowest BCUT2D eigenvalue weighted by molar-refractivity contribution is -0.246. The SMILES string of the molecule is CC1(C)O[C@H]2O[C@](C)(CO[Si](c3ccccc3)(c3ccccc3)C(C)(C)C)[C@H](OCc3ccc4ccccc4c3)[C@H]2O1. The van der Waals surface area contributed by atoms with Crippen LogP contribution in [0.5, 0.6) is 0 Å². The third-order valence-electron chi connectivity index (χ3n) is 8.61. The molecule has 2 saturated heterocycles. The third-order valence-corrected chi connectivity index (χ3v) is 13.6. The fourth-order valence-corrected chi connectivity index (χ4v) is 11.3. The molecule has 4 aromatic rings. The summed E-state index contributed by atoms with van der Waals surface area (Å²) in [5, 5.41) is 4.71. The Morgan fingerprint density at radius 3 is 1.93 bits per heavy atom. The molecule has 6 heteroatoms. The molecule has 42 heavy (non-hydrogen) atoms. The van der Waals surface area contributed by atoms with E-state index in [0.29, 0.717) is 13.2 Å². The second-order valence-electron chi connectivity index (χ2n) is 13.3. The topological polar surface area (TPSA) is 46.2 Å². The van der Waals surface area contributed by atoms with Gasteiger partial charge in [0, 0.05) is 0 Å². The zero-order chi connectivity index (χ0) is 29.6. The van der Waals surface area contributed by atoms with E-state index in [1.807, 2.05) is 13.8 Å². The highest BCUT2D eigenvalue weighted by Crippen LogP contribution is 2.45. The highest BCUT2D eigenvalue weighted by Gasteiger charge is 2.62. The minimum Gasteiger partial charge on any atom is -0.404 e. The first kappa shape index (κ1) is 29.2. The van der Waals surface area contributed by atoms with Gasteiger partial charge in [0.05, 0.1) is 13.2 Å². The Morgan fingerprint density at radius 2 is 1.31 bits per heavy atom. The van der Waals surface area contributed by atoms with Crippen molar-refractivity contribution in [3.63, 3.8) is 0 Å². The van der Waals surface area contributed by atoms with Gasteiger partial charge in [-0.05, 0) is 58.6 Å². The third kappa shape index (κ3) is 5.36. The maximum atomic E-state index is 7.33. The van der Waals surface area contributed by atoms with E-state index in [1.54, 1.807) is 0 Å². The van der Waals surface area contributed by atoms with Gasteiger partial charge in [-0.2, -0.15) is 0 Å². The van der Waals surface area contributed by atoms with Crippen molar-refractivity contribution >= 4 is 29.5 Å². The molecule has 5 nitrogen and oxygen atoms in total. The summed E-state index contributed by atoms with van der Waals surface area (Å²) < 4.78 is 33.3. The van der Waals surface area contributed by atoms with Crippen LogP contribution in [0, 0.1) is 0 Å². The zero-order valence-electron chi connectivity index (χ0n) is 25.5. The minimum absolute atomic E-state index is 0.156. The predicted octanol–water partition coefficient (Wildman–Crippen LogP) is 6.57. The van der Waals surface area contributed by atoms with Crippen LogP contribution in [-0.4, -0.2) is 44.8 Å². The Labute approximate surface area is 250 Å². The summed E-state index contributed by atoms with van der Waals surface area (Å²) in [6.45, 7) is 13.5. The molecule has 0 amide bonds. The molecule has 2 aliphatic rings. The molecule has 0 aliphatic carbocycles. The van der Waals surface area contributed by atoms with Crippen LogP contribution in [0.4, 0.5) is 0 Å². The fraction of sp³-hybridized carbons (Fsp3) is 0.389. The van der Waals surface area contributed by atoms with Crippen molar-refractivity contribution in [3.8, 4) is 0 Å². The van der Waals surface area contributed by atoms with Gasteiger partial charge in [0.1, 0.15) is 17.8 Å². The highest BCUT2D eigenvalue weighted by atomic mass is 28.4. The van der Waals surface area contributed by atoms with E-state index < -0.39 is 32.1 Å². The lowest BCUT2D eigenvalue weighted by Crippen LogP contribution is -2.68. The zero-order valence-corrected chi connectivity index (χ0v) is 26.5. The minimum atomic E-state index is -2.79. The number of rotatable bonds is 8. The maximum Gasteiger partial charge on any atom is 0.261 e. The molecule has 0 aromatic heterocycles. The smallest absolute Gasteiger partial charge is 0.261 e. The van der Waals surface area contributed by atoms with Crippen molar-refractivity contribution in [1.82, 2.24) is 0 Å². The normalized spacial score (nSPS) is 25.5. The quantitative estimate of drug-likeness (QED) is 0.220. The van der Waals surface area contributed by atoms with Gasteiger partial charge in [0.25, 0.3) is 8.32 Å². The Morgan fingerprint density at radius 1 is 0.714 bits per heavy atom. The molecular formula is C36H42O5Si. The van der Waals surface area contributed by atoms with Crippen LogP contribution in [0.1, 0.15) is 47.1 Å². The lowest BCUT2D eigenvalue weighted by Gasteiger charge is -2.45. The van der Waals surface area contributed by atoms with E-state index in [0.717, 1.165) is 5.56 Å². The van der Waals surface area contributed by atoms with Gasteiger partial charge in [-0.25, -0.2) is 0 Å². The summed E-state index contributed by atoms with van der Waals surface area (Å²) in [5.74, 6) is -0.750. The van der Waals surface area contributed by atoms with Crippen molar-refractivity contribution in [2.24, 2.45) is 0 Å². The summed E-state index contributed by atoms with van der Waals surface area (Å²) >= 11 is 0. The van der Waals surface area contributed by atoms with Crippen molar-refractivity contribution in [1.29, 1.82) is 0 Å². The van der Waals surface area contributed by atoms with Gasteiger partial charge in [0.2, 0.25) is 0 Å². The van der Waals surface area contributed by atoms with Crippen LogP contribution >= 0.6 is 0 Å². The molecule has 220 valence electrons. The van der Waals surface area contributed by atoms with Crippen molar-refractivity contribution in [2.75, 3.05) is 6.61 Å². The molecule has 4 aromatic carbocycles. The second-order valence-corrected chi connectivity index (χ2v) is 17.6. The first-order valence-electron chi connectivity index (χ1n) is 14.9. The fourth-order valence-electron chi connectivity index (χ4n) is 6.65. The maximum absolute atomic E-state index is 7.33. The molecule has 0 radical (unpaired) electrons. The number of hydrogen-bond acceptors (Lipinski definition) is 5. The molecule has 2 fully saturated rings. The summed E-state index contributed by atoms with van der Waals surface area (Å²) in [4.78, 5) is 0. The molecule has 6 rings (SSSR count). The lowest BCUT2D eigenvalue weighted by atomic mass is 9.98. The monoisotopic (exact) mass is 582 g/mol. The molecular weight excluding hydrogens is 540 g/mol. The molecule has 0 unspecified atom stereocenters. The average Bonchev–Trinajstić information content (AvgIpc) is 3.39. The average molecular weight is 583 g/mol. The first-order chi connectivity index (χ1) is 20.0. The summed E-state index contributed by atoms with van der Waals surface area (Å²) in [5.41, 5.74) is 0.306. The number of ether oxygens (including phenoxy) is 4. The van der Waals surface area contributed by atoms with Gasteiger partial charge in [-0.15, -0.1) is 0 Å². The largest absolute Gasteiger partial charge is 0.404 e. The Bertz CT molecular complexity index is 1480.